The van der Waals surface area contributed by atoms with Gasteiger partial charge in [0.1, 0.15) is 6.04 Å². The van der Waals surface area contributed by atoms with E-state index in [-0.39, 0.29) is 24.3 Å². The van der Waals surface area contributed by atoms with Gasteiger partial charge in [-0.1, -0.05) is 44.2 Å². The summed E-state index contributed by atoms with van der Waals surface area (Å²) in [6.45, 7) is 4.32. The van der Waals surface area contributed by atoms with Crippen molar-refractivity contribution in [1.29, 1.82) is 0 Å². The van der Waals surface area contributed by atoms with E-state index >= 15 is 0 Å². The Morgan fingerprint density at radius 2 is 1.86 bits per heavy atom. The number of hydrogen-bond acceptors (Lipinski definition) is 3. The Morgan fingerprint density at radius 3 is 2.43 bits per heavy atom. The molecule has 2 amide bonds. The Hall–Kier alpha value is -1.88. The van der Waals surface area contributed by atoms with Crippen LogP contribution in [0.15, 0.2) is 30.3 Å². The predicted octanol–water partition coefficient (Wildman–Crippen LogP) is 1.39. The van der Waals surface area contributed by atoms with E-state index < -0.39 is 6.04 Å². The monoisotopic (exact) mass is 292 g/mol. The largest absolute Gasteiger partial charge is 0.396 e. The summed E-state index contributed by atoms with van der Waals surface area (Å²) in [6.07, 6.45) is 0.875. The van der Waals surface area contributed by atoms with Crippen LogP contribution in [0.25, 0.3) is 0 Å². The van der Waals surface area contributed by atoms with Gasteiger partial charge in [0.2, 0.25) is 11.8 Å². The highest BCUT2D eigenvalue weighted by atomic mass is 16.3. The number of aliphatic hydroxyl groups is 1. The van der Waals surface area contributed by atoms with E-state index in [2.05, 4.69) is 10.6 Å². The van der Waals surface area contributed by atoms with Gasteiger partial charge >= 0.3 is 0 Å². The number of aliphatic hydroxyl groups excluding tert-OH is 1. The van der Waals surface area contributed by atoms with Crippen LogP contribution in [-0.4, -0.2) is 30.1 Å². The van der Waals surface area contributed by atoms with Crippen molar-refractivity contribution in [3.05, 3.63) is 35.9 Å². The van der Waals surface area contributed by atoms with Crippen LogP contribution in [0, 0.1) is 5.92 Å². The molecule has 116 valence electrons. The Morgan fingerprint density at radius 1 is 1.19 bits per heavy atom. The molecule has 0 saturated heterocycles. The summed E-state index contributed by atoms with van der Waals surface area (Å²) in [5.41, 5.74) is 0.746. The third kappa shape index (κ3) is 6.40. The molecule has 0 aromatic heterocycles. The van der Waals surface area contributed by atoms with E-state index in [1.165, 1.54) is 0 Å². The maximum atomic E-state index is 12.2. The maximum absolute atomic E-state index is 12.2. The summed E-state index contributed by atoms with van der Waals surface area (Å²) in [6, 6.07) is 8.45. The first-order valence-corrected chi connectivity index (χ1v) is 7.27. The van der Waals surface area contributed by atoms with Crippen LogP contribution >= 0.6 is 0 Å². The van der Waals surface area contributed by atoms with Crippen LogP contribution in [0.4, 0.5) is 0 Å². The summed E-state index contributed by atoms with van der Waals surface area (Å²) < 4.78 is 0. The summed E-state index contributed by atoms with van der Waals surface area (Å²) >= 11 is 0. The highest BCUT2D eigenvalue weighted by Crippen LogP contribution is 2.13. The highest BCUT2D eigenvalue weighted by Gasteiger charge is 2.22. The zero-order chi connectivity index (χ0) is 15.7. The third-order valence-corrected chi connectivity index (χ3v) is 2.93. The molecule has 0 saturated carbocycles. The average molecular weight is 292 g/mol. The zero-order valence-electron chi connectivity index (χ0n) is 12.6. The number of nitrogens with one attached hydrogen (secondary N) is 2. The molecule has 0 radical (unpaired) electrons. The van der Waals surface area contributed by atoms with E-state index in [9.17, 15) is 9.59 Å². The first-order valence-electron chi connectivity index (χ1n) is 7.27. The van der Waals surface area contributed by atoms with Crippen LogP contribution in [0.1, 0.15) is 38.3 Å². The summed E-state index contributed by atoms with van der Waals surface area (Å²) in [4.78, 5) is 24.2. The fourth-order valence-corrected chi connectivity index (χ4v) is 1.93. The number of carbonyl (C=O) groups excluding carboxylic acids is 2. The van der Waals surface area contributed by atoms with Crippen molar-refractivity contribution in [3.8, 4) is 0 Å². The first-order chi connectivity index (χ1) is 10.0. The minimum atomic E-state index is -0.698. The highest BCUT2D eigenvalue weighted by molar-refractivity contribution is 5.88. The second-order valence-corrected chi connectivity index (χ2v) is 5.38. The number of hydrogen-bond donors (Lipinski definition) is 3. The van der Waals surface area contributed by atoms with Crippen LogP contribution < -0.4 is 10.6 Å². The van der Waals surface area contributed by atoms with Crippen molar-refractivity contribution in [1.82, 2.24) is 10.6 Å². The molecule has 5 nitrogen and oxygen atoms in total. The zero-order valence-corrected chi connectivity index (χ0v) is 12.6. The summed E-state index contributed by atoms with van der Waals surface area (Å²) in [5, 5.41) is 14.3. The summed E-state index contributed by atoms with van der Waals surface area (Å²) in [5.74, 6) is -0.165. The molecular formula is C16H24N2O3. The van der Waals surface area contributed by atoms with Gasteiger partial charge < -0.3 is 15.7 Å². The lowest BCUT2D eigenvalue weighted by Crippen LogP contribution is -2.41. The van der Waals surface area contributed by atoms with Gasteiger partial charge in [-0.25, -0.2) is 0 Å². The Kier molecular flexibility index (Phi) is 7.46. The molecule has 1 rings (SSSR count). The van der Waals surface area contributed by atoms with Crippen molar-refractivity contribution in [2.45, 2.75) is 32.7 Å². The van der Waals surface area contributed by atoms with Crippen molar-refractivity contribution in [3.63, 3.8) is 0 Å². The Balaban J connectivity index is 2.75. The average Bonchev–Trinajstić information content (AvgIpc) is 2.45. The normalized spacial score (nSPS) is 12.0. The van der Waals surface area contributed by atoms with Crippen LogP contribution in [0.3, 0.4) is 0 Å². The fourth-order valence-electron chi connectivity index (χ4n) is 1.93. The second kappa shape index (κ2) is 9.13. The number of amides is 2. The molecule has 3 N–H and O–H groups in total. The molecule has 0 aliphatic heterocycles. The number of carbonyl (C=O) groups is 2. The van der Waals surface area contributed by atoms with Crippen molar-refractivity contribution in [2.24, 2.45) is 5.92 Å². The van der Waals surface area contributed by atoms with E-state index in [1.54, 1.807) is 0 Å². The van der Waals surface area contributed by atoms with Gasteiger partial charge in [-0.2, -0.15) is 0 Å². The lowest BCUT2D eigenvalue weighted by atomic mass is 10.0. The first kappa shape index (κ1) is 17.2. The van der Waals surface area contributed by atoms with Gasteiger partial charge in [0, 0.05) is 19.6 Å². The number of benzene rings is 1. The van der Waals surface area contributed by atoms with Crippen molar-refractivity contribution in [2.75, 3.05) is 13.2 Å². The van der Waals surface area contributed by atoms with E-state index in [1.807, 2.05) is 44.2 Å². The van der Waals surface area contributed by atoms with Gasteiger partial charge in [-0.3, -0.25) is 9.59 Å². The van der Waals surface area contributed by atoms with Gasteiger partial charge in [0.15, 0.2) is 0 Å². The fraction of sp³-hybridized carbons (Fsp3) is 0.500. The lowest BCUT2D eigenvalue weighted by molar-refractivity contribution is -0.129. The summed E-state index contributed by atoms with van der Waals surface area (Å²) in [7, 11) is 0. The topological polar surface area (TPSA) is 78.4 Å². The van der Waals surface area contributed by atoms with Crippen LogP contribution in [-0.2, 0) is 9.59 Å². The van der Waals surface area contributed by atoms with Gasteiger partial charge in [0.25, 0.3) is 0 Å². The molecule has 1 aromatic carbocycles. The Bertz CT molecular complexity index is 446. The molecule has 0 aliphatic rings. The van der Waals surface area contributed by atoms with E-state index in [0.717, 1.165) is 5.56 Å². The molecule has 1 aromatic rings. The predicted molar refractivity (Wildman–Crippen MR) is 81.5 cm³/mol. The lowest BCUT2D eigenvalue weighted by Gasteiger charge is -2.19. The quantitative estimate of drug-likeness (QED) is 0.634. The van der Waals surface area contributed by atoms with Gasteiger partial charge in [-0.15, -0.1) is 0 Å². The second-order valence-electron chi connectivity index (χ2n) is 5.38. The van der Waals surface area contributed by atoms with E-state index in [0.29, 0.717) is 19.4 Å². The van der Waals surface area contributed by atoms with Crippen molar-refractivity contribution < 1.29 is 14.7 Å². The van der Waals surface area contributed by atoms with Crippen LogP contribution in [0.2, 0.25) is 0 Å². The standard InChI is InChI=1S/C16H24N2O3/c1-12(2)11-14(20)18-15(13-7-4-3-5-8-13)16(21)17-9-6-10-19/h3-5,7-8,12,15,19H,6,9-11H2,1-2H3,(H,17,21)(H,18,20). The Labute approximate surface area is 125 Å². The third-order valence-electron chi connectivity index (χ3n) is 2.93. The maximum Gasteiger partial charge on any atom is 0.247 e. The SMILES string of the molecule is CC(C)CC(=O)NC(C(=O)NCCCO)c1ccccc1. The van der Waals surface area contributed by atoms with Crippen molar-refractivity contribution >= 4 is 11.8 Å². The van der Waals surface area contributed by atoms with Gasteiger partial charge in [-0.05, 0) is 17.9 Å². The van der Waals surface area contributed by atoms with Gasteiger partial charge in [0.05, 0.1) is 0 Å². The molecule has 1 atom stereocenters. The smallest absolute Gasteiger partial charge is 0.247 e. The molecule has 0 bridgehead atoms. The minimum absolute atomic E-state index is 0.0238. The van der Waals surface area contributed by atoms with Crippen LogP contribution in [0.5, 0.6) is 0 Å². The van der Waals surface area contributed by atoms with E-state index in [4.69, 9.17) is 5.11 Å². The molecule has 21 heavy (non-hydrogen) atoms. The molecule has 0 heterocycles. The molecule has 0 fully saturated rings. The minimum Gasteiger partial charge on any atom is -0.396 e. The molecular weight excluding hydrogens is 268 g/mol. The molecule has 5 heteroatoms. The molecule has 0 spiro atoms. The molecule has 1 unspecified atom stereocenters. The number of rotatable bonds is 8. The molecule has 0 aliphatic carbocycles.